The van der Waals surface area contributed by atoms with Crippen LogP contribution in [-0.4, -0.2) is 43.6 Å². The lowest BCUT2D eigenvalue weighted by Gasteiger charge is -2.31. The molecule has 0 radical (unpaired) electrons. The molecule has 3 aliphatic rings. The third-order valence-electron chi connectivity index (χ3n) is 6.30. The van der Waals surface area contributed by atoms with Crippen molar-refractivity contribution in [2.24, 2.45) is 17.8 Å². The van der Waals surface area contributed by atoms with Crippen molar-refractivity contribution in [1.82, 2.24) is 10.2 Å². The summed E-state index contributed by atoms with van der Waals surface area (Å²) in [6, 6.07) is 4.91. The van der Waals surface area contributed by atoms with E-state index in [4.69, 9.17) is 4.74 Å². The van der Waals surface area contributed by atoms with Gasteiger partial charge in [0.25, 0.3) is 0 Å². The van der Waals surface area contributed by atoms with Crippen molar-refractivity contribution < 1.29 is 13.9 Å². The smallest absolute Gasteiger partial charge is 0.227 e. The Morgan fingerprint density at radius 1 is 1.27 bits per heavy atom. The molecule has 0 bridgehead atoms. The number of benzene rings is 1. The molecule has 2 atom stereocenters. The topological polar surface area (TPSA) is 41.6 Å². The number of rotatable bonds is 7. The van der Waals surface area contributed by atoms with Gasteiger partial charge >= 0.3 is 0 Å². The number of hydrogen-bond acceptors (Lipinski definition) is 3. The van der Waals surface area contributed by atoms with Crippen molar-refractivity contribution in [2.45, 2.75) is 38.5 Å². The Morgan fingerprint density at radius 3 is 2.77 bits per heavy atom. The Labute approximate surface area is 155 Å². The van der Waals surface area contributed by atoms with E-state index < -0.39 is 0 Å². The summed E-state index contributed by atoms with van der Waals surface area (Å²) in [6.45, 7) is 4.59. The summed E-state index contributed by atoms with van der Waals surface area (Å²) in [7, 11) is 0. The van der Waals surface area contributed by atoms with Crippen LogP contribution < -0.4 is 10.1 Å². The first-order valence-electron chi connectivity index (χ1n) is 10.1. The fourth-order valence-electron chi connectivity index (χ4n) is 4.38. The minimum absolute atomic E-state index is 0.0153. The molecule has 1 N–H and O–H groups in total. The van der Waals surface area contributed by atoms with Crippen LogP contribution in [0.25, 0.3) is 0 Å². The van der Waals surface area contributed by atoms with Crippen LogP contribution in [0.5, 0.6) is 5.75 Å². The Hall–Kier alpha value is -1.62. The fourth-order valence-corrected chi connectivity index (χ4v) is 4.38. The lowest BCUT2D eigenvalue weighted by Crippen LogP contribution is -2.42. The summed E-state index contributed by atoms with van der Waals surface area (Å²) in [5.74, 6) is 2.81. The van der Waals surface area contributed by atoms with E-state index in [1.165, 1.54) is 25.3 Å². The molecule has 1 aromatic carbocycles. The van der Waals surface area contributed by atoms with Crippen molar-refractivity contribution in [1.29, 1.82) is 0 Å². The Balaban J connectivity index is 1.20. The van der Waals surface area contributed by atoms with Gasteiger partial charge in [-0.2, -0.15) is 0 Å². The molecule has 2 heterocycles. The molecular weight excluding hydrogens is 331 g/mol. The number of piperidine rings is 1. The lowest BCUT2D eigenvalue weighted by atomic mass is 9.91. The molecule has 26 heavy (non-hydrogen) atoms. The molecule has 142 valence electrons. The number of nitrogens with zero attached hydrogens (tertiary/aromatic N) is 1. The summed E-state index contributed by atoms with van der Waals surface area (Å²) >= 11 is 0. The van der Waals surface area contributed by atoms with Crippen LogP contribution in [0.4, 0.5) is 4.39 Å². The Bertz CT molecular complexity index is 641. The van der Waals surface area contributed by atoms with Gasteiger partial charge < -0.3 is 15.0 Å². The van der Waals surface area contributed by atoms with E-state index in [2.05, 4.69) is 5.32 Å². The molecule has 1 aromatic rings. The van der Waals surface area contributed by atoms with Gasteiger partial charge in [-0.15, -0.1) is 0 Å². The molecular formula is C21H29FN2O2. The molecule has 4 rings (SSSR count). The number of ether oxygens (including phenoxy) is 1. The van der Waals surface area contributed by atoms with Crippen LogP contribution in [0, 0.1) is 23.6 Å². The van der Waals surface area contributed by atoms with E-state index in [0.29, 0.717) is 17.9 Å². The van der Waals surface area contributed by atoms with Crippen LogP contribution in [0.1, 0.15) is 37.7 Å². The Morgan fingerprint density at radius 2 is 2.08 bits per heavy atom. The molecule has 1 amide bonds. The summed E-state index contributed by atoms with van der Waals surface area (Å²) < 4.78 is 20.0. The van der Waals surface area contributed by atoms with Crippen LogP contribution in [0.15, 0.2) is 18.2 Å². The molecule has 5 heteroatoms. The average molecular weight is 360 g/mol. The highest BCUT2D eigenvalue weighted by atomic mass is 19.1. The largest absolute Gasteiger partial charge is 0.493 e. The van der Waals surface area contributed by atoms with Gasteiger partial charge in [-0.25, -0.2) is 4.39 Å². The highest BCUT2D eigenvalue weighted by Gasteiger charge is 2.42. The van der Waals surface area contributed by atoms with E-state index in [1.54, 1.807) is 17.0 Å². The van der Waals surface area contributed by atoms with Crippen molar-refractivity contribution in [3.63, 3.8) is 0 Å². The average Bonchev–Trinajstić information content (AvgIpc) is 3.36. The zero-order valence-electron chi connectivity index (χ0n) is 15.4. The maximum Gasteiger partial charge on any atom is 0.227 e. The molecule has 2 saturated heterocycles. The van der Waals surface area contributed by atoms with Crippen molar-refractivity contribution in [3.8, 4) is 5.75 Å². The fraction of sp³-hybridized carbons (Fsp3) is 0.667. The van der Waals surface area contributed by atoms with Crippen LogP contribution in [0.3, 0.4) is 0 Å². The number of carbonyl (C=O) groups is 1. The zero-order valence-corrected chi connectivity index (χ0v) is 15.4. The second-order valence-corrected chi connectivity index (χ2v) is 8.05. The van der Waals surface area contributed by atoms with Gasteiger partial charge in [0.15, 0.2) is 0 Å². The maximum atomic E-state index is 14.2. The van der Waals surface area contributed by atoms with Crippen molar-refractivity contribution >= 4 is 5.91 Å². The van der Waals surface area contributed by atoms with Crippen LogP contribution in [-0.2, 0) is 11.2 Å². The monoisotopic (exact) mass is 360 g/mol. The number of likely N-dealkylation sites (tertiary alicyclic amines) is 1. The highest BCUT2D eigenvalue weighted by molar-refractivity contribution is 5.79. The van der Waals surface area contributed by atoms with Gasteiger partial charge in [0.2, 0.25) is 5.91 Å². The number of hydrogen-bond donors (Lipinski definition) is 1. The summed E-state index contributed by atoms with van der Waals surface area (Å²) in [4.78, 5) is 13.7. The third kappa shape index (κ3) is 4.20. The predicted octanol–water partition coefficient (Wildman–Crippen LogP) is 3.01. The first-order valence-corrected chi connectivity index (χ1v) is 10.1. The molecule has 1 saturated carbocycles. The molecule has 3 fully saturated rings. The number of amides is 1. The predicted molar refractivity (Wildman–Crippen MR) is 98.6 cm³/mol. The van der Waals surface area contributed by atoms with Gasteiger partial charge in [0.05, 0.1) is 13.0 Å². The van der Waals surface area contributed by atoms with E-state index in [-0.39, 0.29) is 18.1 Å². The van der Waals surface area contributed by atoms with Crippen LogP contribution in [0.2, 0.25) is 0 Å². The quantitative estimate of drug-likeness (QED) is 0.813. The Kier molecular flexibility index (Phi) is 5.44. The molecule has 0 spiro atoms. The number of nitrogens with one attached hydrogen (secondary N) is 1. The lowest BCUT2D eigenvalue weighted by molar-refractivity contribution is -0.133. The first-order chi connectivity index (χ1) is 12.7. The third-order valence-corrected chi connectivity index (χ3v) is 6.30. The molecule has 2 aliphatic heterocycles. The van der Waals surface area contributed by atoms with Gasteiger partial charge in [-0.3, -0.25) is 4.79 Å². The first kappa shape index (κ1) is 17.8. The van der Waals surface area contributed by atoms with Gasteiger partial charge in [-0.05, 0) is 74.6 Å². The SMILES string of the molecule is O=C(Cc1ccc(OCCC2CC2C2CCNCC2)cc1F)N1CCC1. The zero-order chi connectivity index (χ0) is 17.9. The summed E-state index contributed by atoms with van der Waals surface area (Å²) in [5, 5.41) is 3.43. The highest BCUT2D eigenvalue weighted by Crippen LogP contribution is 2.49. The van der Waals surface area contributed by atoms with Crippen LogP contribution >= 0.6 is 0 Å². The minimum atomic E-state index is -0.338. The molecule has 1 aliphatic carbocycles. The van der Waals surface area contributed by atoms with E-state index in [9.17, 15) is 9.18 Å². The summed E-state index contributed by atoms with van der Waals surface area (Å²) in [6.07, 6.45) is 6.22. The van der Waals surface area contributed by atoms with Crippen molar-refractivity contribution in [3.05, 3.63) is 29.6 Å². The van der Waals surface area contributed by atoms with Gasteiger partial charge in [-0.1, -0.05) is 6.07 Å². The molecule has 2 unspecified atom stereocenters. The minimum Gasteiger partial charge on any atom is -0.493 e. The second-order valence-electron chi connectivity index (χ2n) is 8.05. The molecule has 4 nitrogen and oxygen atoms in total. The standard InChI is InChI=1S/C21H29FN2O2/c22-20-14-18(3-2-17(20)13-21(25)24-9-1-10-24)26-11-6-16-12-19(16)15-4-7-23-8-5-15/h2-3,14-16,19,23H,1,4-13H2. The molecule has 0 aromatic heterocycles. The number of carbonyl (C=O) groups excluding carboxylic acids is 1. The second kappa shape index (κ2) is 7.95. The van der Waals surface area contributed by atoms with Crippen molar-refractivity contribution in [2.75, 3.05) is 32.8 Å². The van der Waals surface area contributed by atoms with Gasteiger partial charge in [0, 0.05) is 19.2 Å². The van der Waals surface area contributed by atoms with E-state index >= 15 is 0 Å². The van der Waals surface area contributed by atoms with Gasteiger partial charge in [0.1, 0.15) is 11.6 Å². The maximum absolute atomic E-state index is 14.2. The van der Waals surface area contributed by atoms with E-state index in [1.807, 2.05) is 0 Å². The normalized spacial score (nSPS) is 25.7. The number of halogens is 1. The summed E-state index contributed by atoms with van der Waals surface area (Å²) in [5.41, 5.74) is 0.461. The van der Waals surface area contributed by atoms with E-state index in [0.717, 1.165) is 56.8 Å².